The molecule has 3 aliphatic rings. The van der Waals surface area contributed by atoms with Crippen molar-refractivity contribution in [3.05, 3.63) is 52.4 Å². The summed E-state index contributed by atoms with van der Waals surface area (Å²) in [5, 5.41) is 10.9. The number of aliphatic hydroxyl groups is 1. The van der Waals surface area contributed by atoms with Crippen LogP contribution in [-0.4, -0.2) is 51.6 Å². The van der Waals surface area contributed by atoms with E-state index in [4.69, 9.17) is 11.6 Å². The largest absolute Gasteiger partial charge is 0.387 e. The summed E-state index contributed by atoms with van der Waals surface area (Å²) in [4.78, 5) is 26.5. The van der Waals surface area contributed by atoms with E-state index in [-0.39, 0.29) is 17.4 Å². The summed E-state index contributed by atoms with van der Waals surface area (Å²) >= 11 is 6.00. The summed E-state index contributed by atoms with van der Waals surface area (Å²) in [7, 11) is 0. The predicted octanol–water partition coefficient (Wildman–Crippen LogP) is 3.17. The van der Waals surface area contributed by atoms with Gasteiger partial charge in [-0.1, -0.05) is 23.7 Å². The van der Waals surface area contributed by atoms with Crippen LogP contribution in [-0.2, 0) is 17.6 Å². The van der Waals surface area contributed by atoms with E-state index in [1.54, 1.807) is 6.33 Å². The molecule has 0 unspecified atom stereocenters. The molecule has 2 aromatic rings. The SMILES string of the molecule is C[C@H]1CN(C(=O)C2(Cc3ccc(Cl)cc3)CC2)CCN1c1ncnc2c1CC[C@H]2O. The molecule has 2 fully saturated rings. The quantitative estimate of drug-likeness (QED) is 0.813. The average Bonchev–Trinajstić information content (AvgIpc) is 3.44. The van der Waals surface area contributed by atoms with Crippen LogP contribution in [0, 0.1) is 5.41 Å². The number of nitrogens with zero attached hydrogens (tertiary/aromatic N) is 4. The minimum Gasteiger partial charge on any atom is -0.387 e. The molecular formula is C23H27ClN4O2. The van der Waals surface area contributed by atoms with E-state index in [9.17, 15) is 9.90 Å². The Morgan fingerprint density at radius 2 is 2.00 bits per heavy atom. The van der Waals surface area contributed by atoms with E-state index in [1.807, 2.05) is 29.2 Å². The van der Waals surface area contributed by atoms with Crippen molar-refractivity contribution in [3.63, 3.8) is 0 Å². The van der Waals surface area contributed by atoms with Crippen molar-refractivity contribution in [1.29, 1.82) is 0 Å². The predicted molar refractivity (Wildman–Crippen MR) is 116 cm³/mol. The first-order valence-electron chi connectivity index (χ1n) is 10.8. The highest BCUT2D eigenvalue weighted by Gasteiger charge is 2.52. The van der Waals surface area contributed by atoms with Crippen LogP contribution in [0.4, 0.5) is 5.82 Å². The lowest BCUT2D eigenvalue weighted by atomic mass is 9.94. The molecule has 30 heavy (non-hydrogen) atoms. The van der Waals surface area contributed by atoms with Gasteiger partial charge in [-0.25, -0.2) is 9.97 Å². The van der Waals surface area contributed by atoms with E-state index in [1.165, 1.54) is 5.56 Å². The zero-order valence-corrected chi connectivity index (χ0v) is 18.0. The van der Waals surface area contributed by atoms with Crippen LogP contribution in [0.2, 0.25) is 5.02 Å². The van der Waals surface area contributed by atoms with Gasteiger partial charge in [-0.15, -0.1) is 0 Å². The molecule has 0 radical (unpaired) electrons. The van der Waals surface area contributed by atoms with E-state index in [0.717, 1.165) is 54.3 Å². The molecule has 1 N–H and O–H groups in total. The van der Waals surface area contributed by atoms with Crippen molar-refractivity contribution in [1.82, 2.24) is 14.9 Å². The Morgan fingerprint density at radius 1 is 1.23 bits per heavy atom. The standard InChI is InChI=1S/C23H27ClN4O2/c1-15-13-27(22(30)23(8-9-23)12-16-2-4-17(24)5-3-16)10-11-28(15)21-18-6-7-19(29)20(18)25-14-26-21/h2-5,14-15,19,29H,6-13H2,1H3/t15-,19+/m0/s1. The highest BCUT2D eigenvalue weighted by atomic mass is 35.5. The van der Waals surface area contributed by atoms with E-state index >= 15 is 0 Å². The fourth-order valence-electron chi connectivity index (χ4n) is 5.01. The lowest BCUT2D eigenvalue weighted by molar-refractivity contribution is -0.137. The van der Waals surface area contributed by atoms with E-state index < -0.39 is 6.10 Å². The van der Waals surface area contributed by atoms with Gasteiger partial charge < -0.3 is 14.9 Å². The Morgan fingerprint density at radius 3 is 2.70 bits per heavy atom. The molecule has 158 valence electrons. The molecule has 1 aliphatic heterocycles. The molecule has 5 rings (SSSR count). The smallest absolute Gasteiger partial charge is 0.229 e. The molecule has 1 aromatic carbocycles. The number of fused-ring (bicyclic) bond motifs is 1. The van der Waals surface area contributed by atoms with Gasteiger partial charge in [-0.2, -0.15) is 0 Å². The molecule has 2 heterocycles. The number of anilines is 1. The number of halogens is 1. The van der Waals surface area contributed by atoms with Crippen molar-refractivity contribution >= 4 is 23.3 Å². The summed E-state index contributed by atoms with van der Waals surface area (Å²) in [5.74, 6) is 1.21. The summed E-state index contributed by atoms with van der Waals surface area (Å²) in [5.41, 5.74) is 2.77. The number of benzene rings is 1. The first-order chi connectivity index (χ1) is 14.5. The minimum atomic E-state index is -0.484. The normalized spacial score (nSPS) is 24.6. The van der Waals surface area contributed by atoms with Gasteiger partial charge in [0, 0.05) is 36.3 Å². The van der Waals surface area contributed by atoms with Gasteiger partial charge in [0.05, 0.1) is 17.2 Å². The van der Waals surface area contributed by atoms with Gasteiger partial charge in [-0.05, 0) is 56.7 Å². The van der Waals surface area contributed by atoms with Gasteiger partial charge in [0.2, 0.25) is 5.91 Å². The number of aromatic nitrogens is 2. The number of carbonyl (C=O) groups is 1. The van der Waals surface area contributed by atoms with Crippen LogP contribution in [0.3, 0.4) is 0 Å². The van der Waals surface area contributed by atoms with Crippen molar-refractivity contribution < 1.29 is 9.90 Å². The number of hydrogen-bond donors (Lipinski definition) is 1. The molecule has 1 aromatic heterocycles. The zero-order valence-electron chi connectivity index (χ0n) is 17.2. The number of amides is 1. The van der Waals surface area contributed by atoms with Crippen LogP contribution in [0.5, 0.6) is 0 Å². The maximum Gasteiger partial charge on any atom is 0.229 e. The van der Waals surface area contributed by atoms with Gasteiger partial charge in [-0.3, -0.25) is 4.79 Å². The Balaban J connectivity index is 1.28. The third-order valence-electron chi connectivity index (χ3n) is 6.89. The highest BCUT2D eigenvalue weighted by molar-refractivity contribution is 6.30. The molecule has 2 aliphatic carbocycles. The Hall–Kier alpha value is -2.18. The maximum atomic E-state index is 13.4. The van der Waals surface area contributed by atoms with Crippen LogP contribution < -0.4 is 4.90 Å². The second kappa shape index (κ2) is 7.50. The van der Waals surface area contributed by atoms with Crippen LogP contribution in [0.15, 0.2) is 30.6 Å². The molecule has 0 spiro atoms. The molecule has 7 heteroatoms. The fourth-order valence-corrected chi connectivity index (χ4v) is 5.14. The van der Waals surface area contributed by atoms with E-state index in [2.05, 4.69) is 21.8 Å². The average molecular weight is 427 g/mol. The molecule has 1 amide bonds. The molecule has 0 bridgehead atoms. The lowest BCUT2D eigenvalue weighted by Gasteiger charge is -2.42. The summed E-state index contributed by atoms with van der Waals surface area (Å²) in [6, 6.07) is 8.02. The third kappa shape index (κ3) is 3.46. The first-order valence-corrected chi connectivity index (χ1v) is 11.2. The number of hydrogen-bond acceptors (Lipinski definition) is 5. The Labute approximate surface area is 181 Å². The second-order valence-corrected chi connectivity index (χ2v) is 9.43. The number of rotatable bonds is 4. The van der Waals surface area contributed by atoms with Gasteiger partial charge in [0.1, 0.15) is 12.1 Å². The summed E-state index contributed by atoms with van der Waals surface area (Å²) < 4.78 is 0. The van der Waals surface area contributed by atoms with Crippen molar-refractivity contribution in [2.24, 2.45) is 5.41 Å². The van der Waals surface area contributed by atoms with Gasteiger partial charge in [0.25, 0.3) is 0 Å². The van der Waals surface area contributed by atoms with Crippen molar-refractivity contribution in [2.45, 2.75) is 51.2 Å². The van der Waals surface area contributed by atoms with E-state index in [0.29, 0.717) is 19.5 Å². The molecule has 2 atom stereocenters. The second-order valence-electron chi connectivity index (χ2n) is 8.99. The maximum absolute atomic E-state index is 13.4. The van der Waals surface area contributed by atoms with Crippen molar-refractivity contribution in [3.8, 4) is 0 Å². The Kier molecular flexibility index (Phi) is 4.94. The molecule has 1 saturated carbocycles. The molecular weight excluding hydrogens is 400 g/mol. The lowest BCUT2D eigenvalue weighted by Crippen LogP contribution is -2.56. The summed E-state index contributed by atoms with van der Waals surface area (Å²) in [6.07, 6.45) is 5.29. The first kappa shape index (κ1) is 19.8. The zero-order chi connectivity index (χ0) is 20.9. The highest BCUT2D eigenvalue weighted by Crippen LogP contribution is 2.50. The molecule has 1 saturated heterocycles. The van der Waals surface area contributed by atoms with Crippen LogP contribution in [0.1, 0.15) is 49.1 Å². The van der Waals surface area contributed by atoms with Gasteiger partial charge in [0.15, 0.2) is 0 Å². The minimum absolute atomic E-state index is 0.172. The van der Waals surface area contributed by atoms with Crippen LogP contribution >= 0.6 is 11.6 Å². The van der Waals surface area contributed by atoms with Crippen molar-refractivity contribution in [2.75, 3.05) is 24.5 Å². The third-order valence-corrected chi connectivity index (χ3v) is 7.14. The number of carbonyl (C=O) groups excluding carboxylic acids is 1. The fraction of sp³-hybridized carbons (Fsp3) is 0.522. The molecule has 6 nitrogen and oxygen atoms in total. The Bertz CT molecular complexity index is 960. The summed E-state index contributed by atoms with van der Waals surface area (Å²) in [6.45, 7) is 4.30. The van der Waals surface area contributed by atoms with Gasteiger partial charge >= 0.3 is 0 Å². The topological polar surface area (TPSA) is 69.6 Å². The number of aliphatic hydroxyl groups excluding tert-OH is 1. The number of piperazine rings is 1. The van der Waals surface area contributed by atoms with Crippen LogP contribution in [0.25, 0.3) is 0 Å². The monoisotopic (exact) mass is 426 g/mol.